The fraction of sp³-hybridized carbons (Fsp3) is 0.222. The molecule has 122 valence electrons. The maximum atomic E-state index is 12.6. The van der Waals surface area contributed by atoms with Crippen LogP contribution in [0.25, 0.3) is 11.0 Å². The molecule has 0 bridgehead atoms. The number of aryl methyl sites for hydroxylation is 2. The molecule has 3 rings (SSSR count). The number of carbonyl (C=O) groups is 1. The first-order valence-electron chi connectivity index (χ1n) is 7.78. The van der Waals surface area contributed by atoms with Crippen LogP contribution < -0.4 is 10.7 Å². The quantitative estimate of drug-likeness (QED) is 0.797. The van der Waals surface area contributed by atoms with Crippen LogP contribution in [0.15, 0.2) is 47.7 Å². The van der Waals surface area contributed by atoms with E-state index in [9.17, 15) is 9.59 Å². The summed E-state index contributed by atoms with van der Waals surface area (Å²) in [5.74, 6) is -0.388. The molecule has 0 spiro atoms. The molecule has 3 aromatic rings. The van der Waals surface area contributed by atoms with E-state index in [0.717, 1.165) is 11.3 Å². The van der Waals surface area contributed by atoms with Crippen molar-refractivity contribution in [1.82, 2.24) is 19.9 Å². The minimum Gasteiger partial charge on any atom is -0.348 e. The van der Waals surface area contributed by atoms with Gasteiger partial charge in [0.15, 0.2) is 0 Å². The van der Waals surface area contributed by atoms with E-state index in [-0.39, 0.29) is 16.9 Å². The Bertz CT molecular complexity index is 948. The van der Waals surface area contributed by atoms with Gasteiger partial charge in [0, 0.05) is 37.4 Å². The van der Waals surface area contributed by atoms with E-state index >= 15 is 0 Å². The van der Waals surface area contributed by atoms with Gasteiger partial charge in [-0.2, -0.15) is 0 Å². The van der Waals surface area contributed by atoms with Crippen molar-refractivity contribution < 1.29 is 4.79 Å². The van der Waals surface area contributed by atoms with E-state index in [1.54, 1.807) is 30.7 Å². The first-order chi connectivity index (χ1) is 11.6. The minimum absolute atomic E-state index is 0.129. The molecule has 3 heterocycles. The van der Waals surface area contributed by atoms with Crippen LogP contribution in [0, 0.1) is 6.92 Å². The fourth-order valence-corrected chi connectivity index (χ4v) is 2.54. The predicted molar refractivity (Wildman–Crippen MR) is 91.8 cm³/mol. The van der Waals surface area contributed by atoms with Gasteiger partial charge < -0.3 is 9.88 Å². The number of amides is 1. The van der Waals surface area contributed by atoms with E-state index in [2.05, 4.69) is 15.3 Å². The van der Waals surface area contributed by atoms with Crippen molar-refractivity contribution in [3.05, 3.63) is 69.9 Å². The van der Waals surface area contributed by atoms with E-state index in [1.807, 2.05) is 30.5 Å². The van der Waals surface area contributed by atoms with Gasteiger partial charge in [0.1, 0.15) is 11.2 Å². The molecule has 0 aliphatic carbocycles. The Morgan fingerprint density at radius 2 is 1.96 bits per heavy atom. The highest BCUT2D eigenvalue weighted by molar-refractivity contribution is 5.96. The third kappa shape index (κ3) is 3.03. The molecule has 0 saturated heterocycles. The molecule has 3 aromatic heterocycles. The van der Waals surface area contributed by atoms with Crippen molar-refractivity contribution in [3.8, 4) is 0 Å². The molecule has 0 unspecified atom stereocenters. The highest BCUT2D eigenvalue weighted by atomic mass is 16.2. The number of pyridine rings is 3. The summed E-state index contributed by atoms with van der Waals surface area (Å²) >= 11 is 0. The van der Waals surface area contributed by atoms with Gasteiger partial charge in [-0.25, -0.2) is 4.98 Å². The second-order valence-corrected chi connectivity index (χ2v) is 5.52. The van der Waals surface area contributed by atoms with Crippen molar-refractivity contribution in [2.75, 3.05) is 0 Å². The molecule has 6 heteroatoms. The zero-order valence-corrected chi connectivity index (χ0v) is 13.6. The molecule has 0 aliphatic rings. The van der Waals surface area contributed by atoms with Gasteiger partial charge in [0.05, 0.1) is 5.39 Å². The number of hydrogen-bond acceptors (Lipinski definition) is 4. The summed E-state index contributed by atoms with van der Waals surface area (Å²) in [4.78, 5) is 33.5. The van der Waals surface area contributed by atoms with Gasteiger partial charge in [-0.1, -0.05) is 0 Å². The summed E-state index contributed by atoms with van der Waals surface area (Å²) in [6.07, 6.45) is 4.91. The van der Waals surface area contributed by atoms with Gasteiger partial charge in [0.25, 0.3) is 5.91 Å². The van der Waals surface area contributed by atoms with E-state index in [4.69, 9.17) is 0 Å². The normalized spacial score (nSPS) is 10.8. The second kappa shape index (κ2) is 6.62. The van der Waals surface area contributed by atoms with Crippen molar-refractivity contribution in [2.45, 2.75) is 26.9 Å². The van der Waals surface area contributed by atoms with Gasteiger partial charge in [-0.05, 0) is 43.7 Å². The number of hydrogen-bond donors (Lipinski definition) is 1. The Morgan fingerprint density at radius 1 is 1.21 bits per heavy atom. The number of nitrogens with zero attached hydrogens (tertiary/aromatic N) is 3. The van der Waals surface area contributed by atoms with Crippen LogP contribution in [0.5, 0.6) is 0 Å². The van der Waals surface area contributed by atoms with Crippen molar-refractivity contribution >= 4 is 16.9 Å². The molecular formula is C18H18N4O2. The molecule has 1 amide bonds. The monoisotopic (exact) mass is 322 g/mol. The zero-order chi connectivity index (χ0) is 17.1. The topological polar surface area (TPSA) is 76.9 Å². The SMILES string of the molecule is CCn1cc(C(=O)NCc2ccncc2)c(=O)c2ccc(C)nc21. The third-order valence-electron chi connectivity index (χ3n) is 3.85. The Morgan fingerprint density at radius 3 is 2.67 bits per heavy atom. The van der Waals surface area contributed by atoms with Crippen molar-refractivity contribution in [1.29, 1.82) is 0 Å². The Kier molecular flexibility index (Phi) is 4.37. The first kappa shape index (κ1) is 15.9. The second-order valence-electron chi connectivity index (χ2n) is 5.52. The number of nitrogens with one attached hydrogen (secondary N) is 1. The molecule has 0 atom stereocenters. The summed E-state index contributed by atoms with van der Waals surface area (Å²) in [5, 5.41) is 3.24. The highest BCUT2D eigenvalue weighted by Crippen LogP contribution is 2.11. The molecule has 0 aliphatic heterocycles. The number of carbonyl (C=O) groups excluding carboxylic acids is 1. The van der Waals surface area contributed by atoms with Crippen LogP contribution >= 0.6 is 0 Å². The molecule has 0 radical (unpaired) electrons. The number of rotatable bonds is 4. The smallest absolute Gasteiger partial charge is 0.257 e. The van der Waals surface area contributed by atoms with Crippen molar-refractivity contribution in [2.24, 2.45) is 0 Å². The molecule has 24 heavy (non-hydrogen) atoms. The lowest BCUT2D eigenvalue weighted by molar-refractivity contribution is 0.0949. The molecule has 0 fully saturated rings. The summed E-state index contributed by atoms with van der Waals surface area (Å²) < 4.78 is 1.82. The Labute approximate surface area is 139 Å². The van der Waals surface area contributed by atoms with E-state index in [1.165, 1.54) is 0 Å². The fourth-order valence-electron chi connectivity index (χ4n) is 2.54. The third-order valence-corrected chi connectivity index (χ3v) is 3.85. The summed E-state index contributed by atoms with van der Waals surface area (Å²) in [5.41, 5.74) is 2.19. The predicted octanol–water partition coefficient (Wildman–Crippen LogP) is 2.05. The van der Waals surface area contributed by atoms with Crippen molar-refractivity contribution in [3.63, 3.8) is 0 Å². The van der Waals surface area contributed by atoms with E-state index < -0.39 is 0 Å². The minimum atomic E-state index is -0.388. The van der Waals surface area contributed by atoms with Gasteiger partial charge in [-0.15, -0.1) is 0 Å². The average Bonchev–Trinajstić information content (AvgIpc) is 2.61. The maximum absolute atomic E-state index is 12.6. The molecule has 0 aromatic carbocycles. The van der Waals surface area contributed by atoms with Gasteiger partial charge in [0.2, 0.25) is 5.43 Å². The summed E-state index contributed by atoms with van der Waals surface area (Å²) in [6, 6.07) is 7.14. The number of fused-ring (bicyclic) bond motifs is 1. The summed E-state index contributed by atoms with van der Waals surface area (Å²) in [7, 11) is 0. The molecule has 6 nitrogen and oxygen atoms in total. The highest BCUT2D eigenvalue weighted by Gasteiger charge is 2.15. The van der Waals surface area contributed by atoms with Gasteiger partial charge >= 0.3 is 0 Å². The van der Waals surface area contributed by atoms with Gasteiger partial charge in [-0.3, -0.25) is 14.6 Å². The van der Waals surface area contributed by atoms with Crippen LogP contribution in [0.2, 0.25) is 0 Å². The lowest BCUT2D eigenvalue weighted by Gasteiger charge is -2.11. The molecule has 0 saturated carbocycles. The Hall–Kier alpha value is -3.02. The lowest BCUT2D eigenvalue weighted by Crippen LogP contribution is -2.29. The largest absolute Gasteiger partial charge is 0.348 e. The van der Waals surface area contributed by atoms with Crippen LogP contribution in [-0.4, -0.2) is 20.4 Å². The summed E-state index contributed by atoms with van der Waals surface area (Å²) in [6.45, 7) is 4.79. The van der Waals surface area contributed by atoms with Crippen LogP contribution in [0.3, 0.4) is 0 Å². The average molecular weight is 322 g/mol. The Balaban J connectivity index is 1.97. The lowest BCUT2D eigenvalue weighted by atomic mass is 10.1. The molecule has 1 N–H and O–H groups in total. The zero-order valence-electron chi connectivity index (χ0n) is 13.6. The molecular weight excluding hydrogens is 304 g/mol. The number of aromatic nitrogens is 3. The van der Waals surface area contributed by atoms with Crippen LogP contribution in [0.1, 0.15) is 28.5 Å². The van der Waals surface area contributed by atoms with Crippen LogP contribution in [0.4, 0.5) is 0 Å². The first-order valence-corrected chi connectivity index (χ1v) is 7.78. The van der Waals surface area contributed by atoms with E-state index in [0.29, 0.717) is 24.1 Å². The van der Waals surface area contributed by atoms with Crippen LogP contribution in [-0.2, 0) is 13.1 Å². The maximum Gasteiger partial charge on any atom is 0.257 e. The standard InChI is InChI=1S/C18H18N4O2/c1-3-22-11-15(16(23)14-5-4-12(2)21-17(14)22)18(24)20-10-13-6-8-19-9-7-13/h4-9,11H,3,10H2,1-2H3,(H,20,24).